The minimum atomic E-state index is -0.709. The highest BCUT2D eigenvalue weighted by Crippen LogP contribution is 2.33. The minimum Gasteiger partial charge on any atom is -0.465 e. The number of thiophene rings is 1. The SMILES string of the molecule is COC(=O)c1sc(N)c(C(=O)OC)c1COC(=O)CSc1ccccc1C. The first-order chi connectivity index (χ1) is 12.9. The molecule has 27 heavy (non-hydrogen) atoms. The number of anilines is 1. The molecule has 0 amide bonds. The van der Waals surface area contributed by atoms with Crippen molar-refractivity contribution in [3.8, 4) is 0 Å². The van der Waals surface area contributed by atoms with Gasteiger partial charge in [-0.05, 0) is 18.6 Å². The molecule has 0 atom stereocenters. The summed E-state index contributed by atoms with van der Waals surface area (Å²) in [6.07, 6.45) is 0. The van der Waals surface area contributed by atoms with E-state index >= 15 is 0 Å². The van der Waals surface area contributed by atoms with Crippen molar-refractivity contribution in [3.63, 3.8) is 0 Å². The molecule has 1 heterocycles. The van der Waals surface area contributed by atoms with E-state index in [-0.39, 0.29) is 33.4 Å². The van der Waals surface area contributed by atoms with Crippen LogP contribution in [0.5, 0.6) is 0 Å². The van der Waals surface area contributed by atoms with Crippen molar-refractivity contribution in [2.24, 2.45) is 0 Å². The lowest BCUT2D eigenvalue weighted by molar-refractivity contribution is -0.141. The van der Waals surface area contributed by atoms with Crippen molar-refractivity contribution in [1.29, 1.82) is 0 Å². The molecule has 2 aromatic rings. The average molecular weight is 409 g/mol. The largest absolute Gasteiger partial charge is 0.465 e. The molecule has 0 aliphatic rings. The van der Waals surface area contributed by atoms with Crippen LogP contribution in [-0.2, 0) is 25.6 Å². The molecule has 0 aliphatic heterocycles. The summed E-state index contributed by atoms with van der Waals surface area (Å²) in [7, 11) is 2.41. The molecule has 2 N–H and O–H groups in total. The molecule has 0 unspecified atom stereocenters. The molecule has 0 saturated heterocycles. The second kappa shape index (κ2) is 9.43. The Morgan fingerprint density at radius 1 is 1.11 bits per heavy atom. The first-order valence-electron chi connectivity index (χ1n) is 7.80. The normalized spacial score (nSPS) is 10.3. The first-order valence-corrected chi connectivity index (χ1v) is 9.61. The molecule has 144 valence electrons. The van der Waals surface area contributed by atoms with Gasteiger partial charge < -0.3 is 19.9 Å². The van der Waals surface area contributed by atoms with Gasteiger partial charge in [-0.1, -0.05) is 18.2 Å². The Kier molecular flexibility index (Phi) is 7.26. The van der Waals surface area contributed by atoms with E-state index in [0.29, 0.717) is 0 Å². The maximum Gasteiger partial charge on any atom is 0.348 e. The third-order valence-corrected chi connectivity index (χ3v) is 5.80. The van der Waals surface area contributed by atoms with Gasteiger partial charge in [0.25, 0.3) is 0 Å². The van der Waals surface area contributed by atoms with Gasteiger partial charge in [-0.2, -0.15) is 0 Å². The van der Waals surface area contributed by atoms with Crippen LogP contribution in [-0.4, -0.2) is 37.9 Å². The fourth-order valence-corrected chi connectivity index (χ4v) is 4.06. The van der Waals surface area contributed by atoms with Crippen LogP contribution >= 0.6 is 23.1 Å². The fourth-order valence-electron chi connectivity index (χ4n) is 2.26. The molecule has 0 fully saturated rings. The Hall–Kier alpha value is -2.52. The Labute approximate surface area is 164 Å². The van der Waals surface area contributed by atoms with Crippen LogP contribution in [0, 0.1) is 6.92 Å². The number of nitrogens with two attached hydrogens (primary N) is 1. The summed E-state index contributed by atoms with van der Waals surface area (Å²) in [6.45, 7) is 1.67. The third-order valence-electron chi connectivity index (χ3n) is 3.61. The number of carbonyl (C=O) groups excluding carboxylic acids is 3. The van der Waals surface area contributed by atoms with E-state index in [1.165, 1.54) is 26.0 Å². The van der Waals surface area contributed by atoms with Gasteiger partial charge in [-0.3, -0.25) is 4.79 Å². The van der Waals surface area contributed by atoms with Gasteiger partial charge in [0.1, 0.15) is 22.0 Å². The number of nitrogen functional groups attached to an aromatic ring is 1. The van der Waals surface area contributed by atoms with Crippen molar-refractivity contribution in [3.05, 3.63) is 45.8 Å². The summed E-state index contributed by atoms with van der Waals surface area (Å²) < 4.78 is 14.7. The molecule has 2 rings (SSSR count). The number of methoxy groups -OCH3 is 2. The smallest absolute Gasteiger partial charge is 0.348 e. The van der Waals surface area contributed by atoms with Gasteiger partial charge in [0.15, 0.2) is 0 Å². The lowest BCUT2D eigenvalue weighted by atomic mass is 10.1. The number of hydrogen-bond donors (Lipinski definition) is 1. The molecule has 0 spiro atoms. The maximum absolute atomic E-state index is 12.1. The molecule has 1 aromatic heterocycles. The molecule has 0 bridgehead atoms. The lowest BCUT2D eigenvalue weighted by Crippen LogP contribution is -2.13. The molecular formula is C18H19NO6S2. The molecule has 7 nitrogen and oxygen atoms in total. The van der Waals surface area contributed by atoms with E-state index in [2.05, 4.69) is 0 Å². The average Bonchev–Trinajstić information content (AvgIpc) is 3.00. The number of rotatable bonds is 7. The number of benzene rings is 1. The third kappa shape index (κ3) is 5.01. The summed E-state index contributed by atoms with van der Waals surface area (Å²) >= 11 is 2.23. The van der Waals surface area contributed by atoms with Crippen LogP contribution in [0.25, 0.3) is 0 Å². The molecule has 0 saturated carbocycles. The van der Waals surface area contributed by atoms with Crippen LogP contribution in [0.3, 0.4) is 0 Å². The Morgan fingerprint density at radius 3 is 2.41 bits per heavy atom. The number of hydrogen-bond acceptors (Lipinski definition) is 9. The summed E-state index contributed by atoms with van der Waals surface area (Å²) in [5, 5.41) is 0.0996. The van der Waals surface area contributed by atoms with Crippen molar-refractivity contribution in [1.82, 2.24) is 0 Å². The summed E-state index contributed by atoms with van der Waals surface area (Å²) in [4.78, 5) is 37.1. The maximum atomic E-state index is 12.1. The van der Waals surface area contributed by atoms with E-state index in [1.807, 2.05) is 31.2 Å². The number of aryl methyl sites for hydroxylation is 1. The monoisotopic (exact) mass is 409 g/mol. The van der Waals surface area contributed by atoms with Gasteiger partial charge in [0, 0.05) is 10.5 Å². The van der Waals surface area contributed by atoms with Crippen LogP contribution in [0.2, 0.25) is 0 Å². The first kappa shape index (κ1) is 20.8. The van der Waals surface area contributed by atoms with Gasteiger partial charge in [-0.15, -0.1) is 23.1 Å². The topological polar surface area (TPSA) is 105 Å². The van der Waals surface area contributed by atoms with Crippen molar-refractivity contribution in [2.45, 2.75) is 18.4 Å². The van der Waals surface area contributed by atoms with E-state index in [1.54, 1.807) is 0 Å². The predicted molar refractivity (Wildman–Crippen MR) is 103 cm³/mol. The van der Waals surface area contributed by atoms with Crippen LogP contribution in [0.1, 0.15) is 31.2 Å². The standard InChI is InChI=1S/C18H19NO6S2/c1-10-6-4-5-7-12(10)26-9-13(20)25-8-11-14(17(21)23-2)16(19)27-15(11)18(22)24-3/h4-7H,8-9,19H2,1-3H3. The second-order valence-electron chi connectivity index (χ2n) is 5.35. The van der Waals surface area contributed by atoms with E-state index < -0.39 is 17.9 Å². The Balaban J connectivity index is 2.11. The summed E-state index contributed by atoms with van der Waals surface area (Å²) in [6, 6.07) is 7.67. The van der Waals surface area contributed by atoms with Crippen molar-refractivity contribution in [2.75, 3.05) is 25.7 Å². The van der Waals surface area contributed by atoms with Gasteiger partial charge in [-0.25, -0.2) is 9.59 Å². The van der Waals surface area contributed by atoms with Crippen LogP contribution in [0.15, 0.2) is 29.2 Å². The number of thioether (sulfide) groups is 1. The lowest BCUT2D eigenvalue weighted by Gasteiger charge is -2.08. The minimum absolute atomic E-state index is 0.0160. The molecule has 0 radical (unpaired) electrons. The Bertz CT molecular complexity index is 862. The van der Waals surface area contributed by atoms with Gasteiger partial charge >= 0.3 is 17.9 Å². The highest BCUT2D eigenvalue weighted by molar-refractivity contribution is 8.00. The van der Waals surface area contributed by atoms with E-state index in [0.717, 1.165) is 21.8 Å². The summed E-state index contributed by atoms with van der Waals surface area (Å²) in [5.74, 6) is -1.77. The molecule has 0 aliphatic carbocycles. The zero-order valence-electron chi connectivity index (χ0n) is 15.1. The van der Waals surface area contributed by atoms with Crippen LogP contribution in [0.4, 0.5) is 5.00 Å². The van der Waals surface area contributed by atoms with Crippen LogP contribution < -0.4 is 5.73 Å². The van der Waals surface area contributed by atoms with E-state index in [9.17, 15) is 14.4 Å². The van der Waals surface area contributed by atoms with Gasteiger partial charge in [0.2, 0.25) is 0 Å². The van der Waals surface area contributed by atoms with Gasteiger partial charge in [0.05, 0.1) is 20.0 Å². The number of carbonyl (C=O) groups is 3. The van der Waals surface area contributed by atoms with Crippen molar-refractivity contribution < 1.29 is 28.6 Å². The van der Waals surface area contributed by atoms with E-state index in [4.69, 9.17) is 19.9 Å². The Morgan fingerprint density at radius 2 is 1.78 bits per heavy atom. The zero-order chi connectivity index (χ0) is 20.0. The number of ether oxygens (including phenoxy) is 3. The highest BCUT2D eigenvalue weighted by atomic mass is 32.2. The van der Waals surface area contributed by atoms with Crippen molar-refractivity contribution >= 4 is 46.0 Å². The molecule has 1 aromatic carbocycles. The molecular weight excluding hydrogens is 390 g/mol. The molecule has 9 heteroatoms. The summed E-state index contributed by atoms with van der Waals surface area (Å²) in [5.41, 5.74) is 7.09. The number of esters is 3. The highest BCUT2D eigenvalue weighted by Gasteiger charge is 2.28. The predicted octanol–water partition coefficient (Wildman–Crippen LogP) is 3.05. The quantitative estimate of drug-likeness (QED) is 0.423. The fraction of sp³-hybridized carbons (Fsp3) is 0.278. The zero-order valence-corrected chi connectivity index (χ0v) is 16.7. The second-order valence-corrected chi connectivity index (χ2v) is 7.42.